The van der Waals surface area contributed by atoms with Crippen molar-refractivity contribution in [2.45, 2.75) is 251 Å². The van der Waals surface area contributed by atoms with Crippen LogP contribution in [0.15, 0.2) is 36.5 Å². The summed E-state index contributed by atoms with van der Waals surface area (Å²) in [5, 5.41) is 13.8. The Hall–Kier alpha value is -1.28. The summed E-state index contributed by atoms with van der Waals surface area (Å²) in [5.74, 6) is -0.197. The number of likely N-dealkylation sites (N-methyl/N-ethyl adjacent to an activating group) is 1. The van der Waals surface area contributed by atoms with E-state index in [4.69, 9.17) is 9.05 Å². The molecule has 0 spiro atoms. The maximum atomic E-state index is 12.8. The van der Waals surface area contributed by atoms with E-state index in [1.165, 1.54) is 167 Å². The molecule has 0 aromatic rings. The highest BCUT2D eigenvalue weighted by atomic mass is 31.2. The van der Waals surface area contributed by atoms with Gasteiger partial charge in [-0.05, 0) is 51.4 Å². The minimum atomic E-state index is -4.35. The molecule has 8 nitrogen and oxygen atoms in total. The number of hydrogen-bond donors (Lipinski definition) is 3. The third kappa shape index (κ3) is 46.5. The normalized spacial score (nSPS) is 14.4. The molecule has 0 saturated carbocycles. The zero-order valence-corrected chi connectivity index (χ0v) is 41.8. The van der Waals surface area contributed by atoms with Gasteiger partial charge in [-0.1, -0.05) is 217 Å². The largest absolute Gasteiger partial charge is 0.472 e. The number of amides is 1. The fourth-order valence-corrected chi connectivity index (χ4v) is 8.19. The van der Waals surface area contributed by atoms with Crippen LogP contribution in [0.2, 0.25) is 0 Å². The number of aliphatic hydroxyl groups is 1. The molecule has 0 aromatic heterocycles. The Bertz CT molecular complexity index is 1090. The minimum absolute atomic E-state index is 0.0546. The summed E-state index contributed by atoms with van der Waals surface area (Å²) in [7, 11) is 1.55. The quantitative estimate of drug-likeness (QED) is 0.0243. The van der Waals surface area contributed by atoms with E-state index in [1.54, 1.807) is 6.08 Å². The highest BCUT2D eigenvalue weighted by Crippen LogP contribution is 2.43. The number of carbonyl (C=O) groups is 1. The molecule has 0 heterocycles. The lowest BCUT2D eigenvalue weighted by atomic mass is 10.0. The van der Waals surface area contributed by atoms with Crippen molar-refractivity contribution in [3.8, 4) is 0 Å². The van der Waals surface area contributed by atoms with E-state index in [9.17, 15) is 19.4 Å². The van der Waals surface area contributed by atoms with Crippen molar-refractivity contribution in [3.63, 3.8) is 0 Å². The number of unbranched alkanes of at least 4 members (excludes halogenated alkanes) is 30. The molecular weight excluding hydrogens is 780 g/mol. The Kier molecular flexibility index (Phi) is 43.0. The number of nitrogens with one attached hydrogen (secondary N) is 1. The van der Waals surface area contributed by atoms with Gasteiger partial charge in [-0.2, -0.15) is 0 Å². The molecule has 0 bridgehead atoms. The average Bonchev–Trinajstić information content (AvgIpc) is 3.21. The lowest BCUT2D eigenvalue weighted by Gasteiger charge is -2.25. The van der Waals surface area contributed by atoms with Gasteiger partial charge >= 0.3 is 7.82 Å². The van der Waals surface area contributed by atoms with Crippen LogP contribution < -0.4 is 5.32 Å². The van der Waals surface area contributed by atoms with Gasteiger partial charge in [-0.15, -0.1) is 0 Å². The number of rotatable bonds is 47. The molecule has 0 aliphatic rings. The van der Waals surface area contributed by atoms with Crippen LogP contribution in [-0.4, -0.2) is 73.4 Å². The molecule has 9 heteroatoms. The number of aliphatic hydroxyl groups excluding tert-OH is 1. The second-order valence-electron chi connectivity index (χ2n) is 18.9. The first-order valence-electron chi connectivity index (χ1n) is 25.9. The lowest BCUT2D eigenvalue weighted by molar-refractivity contribution is -0.870. The standard InChI is InChI=1S/C52H101N2O6P/c1-6-8-10-12-14-16-18-19-20-21-22-23-24-25-26-27-28-29-30-31-32-33-34-36-37-39-41-43-45-51(55)50(49-60-61(57,58)59-48-47-54(3,4)5)53-52(56)46-44-42-40-38-35-17-15-13-11-9-7-2/h13,15,36-37,43,45,50-51,55H,6-12,14,16-35,38-42,44,46-49H2,1-5H3,(H-,53,56,57,58)/p+1/b15-13-,37-36+,45-43+. The Morgan fingerprint density at radius 2 is 0.918 bits per heavy atom. The van der Waals surface area contributed by atoms with E-state index in [0.717, 1.165) is 51.4 Å². The Labute approximate surface area is 378 Å². The first-order chi connectivity index (χ1) is 29.5. The van der Waals surface area contributed by atoms with E-state index in [1.807, 2.05) is 27.2 Å². The van der Waals surface area contributed by atoms with Crippen molar-refractivity contribution in [2.75, 3.05) is 40.9 Å². The number of phosphoric ester groups is 1. The number of phosphoric acid groups is 1. The fraction of sp³-hybridized carbons (Fsp3) is 0.865. The van der Waals surface area contributed by atoms with Gasteiger partial charge in [0.15, 0.2) is 0 Å². The van der Waals surface area contributed by atoms with E-state index < -0.39 is 20.0 Å². The number of quaternary nitrogens is 1. The molecule has 0 saturated heterocycles. The van der Waals surface area contributed by atoms with E-state index in [2.05, 4.69) is 43.5 Å². The van der Waals surface area contributed by atoms with E-state index in [0.29, 0.717) is 17.4 Å². The molecule has 3 N–H and O–H groups in total. The second-order valence-corrected chi connectivity index (χ2v) is 20.3. The Morgan fingerprint density at radius 3 is 1.36 bits per heavy atom. The van der Waals surface area contributed by atoms with Crippen LogP contribution in [-0.2, 0) is 18.4 Å². The molecule has 3 atom stereocenters. The highest BCUT2D eigenvalue weighted by Gasteiger charge is 2.27. The van der Waals surface area contributed by atoms with Gasteiger partial charge in [0.25, 0.3) is 0 Å². The van der Waals surface area contributed by atoms with Crippen molar-refractivity contribution in [2.24, 2.45) is 0 Å². The molecule has 1 amide bonds. The van der Waals surface area contributed by atoms with Crippen molar-refractivity contribution in [1.29, 1.82) is 0 Å². The zero-order valence-electron chi connectivity index (χ0n) is 40.9. The molecule has 0 radical (unpaired) electrons. The van der Waals surface area contributed by atoms with E-state index in [-0.39, 0.29) is 19.1 Å². The van der Waals surface area contributed by atoms with Gasteiger partial charge in [0.05, 0.1) is 39.9 Å². The SMILES string of the molecule is CCCC/C=C\CCCCCCCC(=O)NC(COP(=O)(O)OCC[N+](C)(C)C)C(O)/C=C/CC/C=C/CCCCCCCCCCCCCCCCCCCCCCCC. The van der Waals surface area contributed by atoms with Crippen LogP contribution in [0.3, 0.4) is 0 Å². The lowest BCUT2D eigenvalue weighted by Crippen LogP contribution is -2.45. The van der Waals surface area contributed by atoms with Crippen molar-refractivity contribution in [1.82, 2.24) is 5.32 Å². The van der Waals surface area contributed by atoms with Gasteiger partial charge in [-0.3, -0.25) is 13.8 Å². The second kappa shape index (κ2) is 43.9. The van der Waals surface area contributed by atoms with Crippen molar-refractivity contribution in [3.05, 3.63) is 36.5 Å². The molecule has 3 unspecified atom stereocenters. The molecule has 0 aromatic carbocycles. The number of nitrogens with zero attached hydrogens (tertiary/aromatic N) is 1. The highest BCUT2D eigenvalue weighted by molar-refractivity contribution is 7.47. The minimum Gasteiger partial charge on any atom is -0.387 e. The third-order valence-electron chi connectivity index (χ3n) is 11.6. The summed E-state index contributed by atoms with van der Waals surface area (Å²) >= 11 is 0. The summed E-state index contributed by atoms with van der Waals surface area (Å²) in [6.07, 6.45) is 55.4. The van der Waals surface area contributed by atoms with Gasteiger partial charge in [0.2, 0.25) is 5.91 Å². The maximum Gasteiger partial charge on any atom is 0.472 e. The summed E-state index contributed by atoms with van der Waals surface area (Å²) in [6, 6.07) is -0.866. The number of hydrogen-bond acceptors (Lipinski definition) is 5. The van der Waals surface area contributed by atoms with Crippen LogP contribution in [0.1, 0.15) is 239 Å². The molecule has 0 aliphatic heterocycles. The zero-order chi connectivity index (χ0) is 45.0. The predicted molar refractivity (Wildman–Crippen MR) is 263 cm³/mol. The monoisotopic (exact) mass is 882 g/mol. The predicted octanol–water partition coefficient (Wildman–Crippen LogP) is 15.0. The summed E-state index contributed by atoms with van der Waals surface area (Å²) < 4.78 is 23.6. The fourth-order valence-electron chi connectivity index (χ4n) is 7.45. The van der Waals surface area contributed by atoms with Gasteiger partial charge in [0.1, 0.15) is 13.2 Å². The van der Waals surface area contributed by atoms with Crippen LogP contribution >= 0.6 is 7.82 Å². The molecule has 0 rings (SSSR count). The van der Waals surface area contributed by atoms with Gasteiger partial charge in [0, 0.05) is 6.42 Å². The number of allylic oxidation sites excluding steroid dienone is 5. The van der Waals surface area contributed by atoms with Gasteiger partial charge < -0.3 is 19.8 Å². The maximum absolute atomic E-state index is 12.8. The van der Waals surface area contributed by atoms with Gasteiger partial charge in [-0.25, -0.2) is 4.57 Å². The van der Waals surface area contributed by atoms with Crippen molar-refractivity contribution < 1.29 is 32.9 Å². The Morgan fingerprint density at radius 1 is 0.541 bits per heavy atom. The van der Waals surface area contributed by atoms with E-state index >= 15 is 0 Å². The van der Waals surface area contributed by atoms with Crippen LogP contribution in [0.5, 0.6) is 0 Å². The summed E-state index contributed by atoms with van der Waals surface area (Å²) in [6.45, 7) is 4.76. The summed E-state index contributed by atoms with van der Waals surface area (Å²) in [5.41, 5.74) is 0. The Balaban J connectivity index is 4.19. The molecule has 0 fully saturated rings. The first-order valence-corrected chi connectivity index (χ1v) is 27.4. The molecule has 61 heavy (non-hydrogen) atoms. The first kappa shape index (κ1) is 59.7. The molecule has 360 valence electrons. The van der Waals surface area contributed by atoms with Crippen LogP contribution in [0.4, 0.5) is 0 Å². The topological polar surface area (TPSA) is 105 Å². The molecular formula is C52H102N2O6P+. The number of carbonyl (C=O) groups excluding carboxylic acids is 1. The molecule has 0 aliphatic carbocycles. The third-order valence-corrected chi connectivity index (χ3v) is 12.6. The van der Waals surface area contributed by atoms with Crippen molar-refractivity contribution >= 4 is 13.7 Å². The summed E-state index contributed by atoms with van der Waals surface area (Å²) in [4.78, 5) is 23.1. The smallest absolute Gasteiger partial charge is 0.387 e. The van der Waals surface area contributed by atoms with Crippen LogP contribution in [0.25, 0.3) is 0 Å². The van der Waals surface area contributed by atoms with Crippen LogP contribution in [0, 0.1) is 0 Å². The average molecular weight is 882 g/mol.